The van der Waals surface area contributed by atoms with Crippen LogP contribution in [0.25, 0.3) is 6.08 Å². The van der Waals surface area contributed by atoms with Gasteiger partial charge in [0.05, 0.1) is 25.2 Å². The zero-order valence-electron chi connectivity index (χ0n) is 15.6. The lowest BCUT2D eigenvalue weighted by atomic mass is 10.2. The van der Waals surface area contributed by atoms with Gasteiger partial charge >= 0.3 is 18.1 Å². The summed E-state index contributed by atoms with van der Waals surface area (Å²) in [4.78, 5) is 23.4. The maximum atomic E-state index is 12.2. The molecule has 0 fully saturated rings. The van der Waals surface area contributed by atoms with Crippen LogP contribution in [0.4, 0.5) is 13.2 Å². The molecule has 154 valence electrons. The second kappa shape index (κ2) is 10.3. The molecule has 0 aromatic heterocycles. The fourth-order valence-electron chi connectivity index (χ4n) is 2.14. The molecule has 5 nitrogen and oxygen atoms in total. The van der Waals surface area contributed by atoms with Crippen molar-refractivity contribution in [1.82, 2.24) is 0 Å². The summed E-state index contributed by atoms with van der Waals surface area (Å²) in [6.45, 7) is 1.51. The lowest BCUT2D eigenvalue weighted by molar-refractivity contribution is -0.139. The topological polar surface area (TPSA) is 61.8 Å². The van der Waals surface area contributed by atoms with Gasteiger partial charge in [-0.1, -0.05) is 12.1 Å². The van der Waals surface area contributed by atoms with E-state index in [0.717, 1.165) is 5.56 Å². The number of carbonyl (C=O) groups is 2. The predicted molar refractivity (Wildman–Crippen MR) is 99.7 cm³/mol. The Kier molecular flexibility index (Phi) is 7.82. The molecular formula is C21H19F3O5. The molecule has 0 heterocycles. The molecule has 0 amide bonds. The number of ether oxygens (including phenoxy) is 3. The van der Waals surface area contributed by atoms with Crippen molar-refractivity contribution in [1.29, 1.82) is 0 Å². The quantitative estimate of drug-likeness (QED) is 0.356. The third-order valence-electron chi connectivity index (χ3n) is 3.53. The third kappa shape index (κ3) is 8.08. The van der Waals surface area contributed by atoms with Gasteiger partial charge < -0.3 is 14.2 Å². The SMILES string of the molecule is CCOC(=O)/C=C/c1ccc(OC(=O)c2ccc(OCCC(F)(F)F)cc2)cc1. The molecule has 0 aliphatic rings. The Hall–Kier alpha value is -3.29. The summed E-state index contributed by atoms with van der Waals surface area (Å²) < 4.78 is 51.3. The molecule has 0 saturated carbocycles. The lowest BCUT2D eigenvalue weighted by Gasteiger charge is -2.09. The highest BCUT2D eigenvalue weighted by molar-refractivity contribution is 5.91. The van der Waals surface area contributed by atoms with Gasteiger partial charge in [-0.3, -0.25) is 0 Å². The fourth-order valence-corrected chi connectivity index (χ4v) is 2.14. The standard InChI is InChI=1S/C21H19F3O5/c1-2-27-19(25)12-5-15-3-8-18(9-4-15)29-20(26)16-6-10-17(11-7-16)28-14-13-21(22,23)24/h3-12H,2,13-14H2,1H3/b12-5+. The molecule has 2 aromatic carbocycles. The molecule has 0 aliphatic carbocycles. The minimum atomic E-state index is -4.28. The number of hydrogen-bond acceptors (Lipinski definition) is 5. The maximum absolute atomic E-state index is 12.2. The van der Waals surface area contributed by atoms with Gasteiger partial charge in [0.15, 0.2) is 0 Å². The Morgan fingerprint density at radius 2 is 1.59 bits per heavy atom. The number of benzene rings is 2. The zero-order valence-corrected chi connectivity index (χ0v) is 15.6. The smallest absolute Gasteiger partial charge is 0.392 e. The van der Waals surface area contributed by atoms with Crippen LogP contribution in [-0.4, -0.2) is 31.3 Å². The van der Waals surface area contributed by atoms with Crippen molar-refractivity contribution in [3.8, 4) is 11.5 Å². The van der Waals surface area contributed by atoms with Crippen LogP contribution in [0.2, 0.25) is 0 Å². The van der Waals surface area contributed by atoms with Crippen LogP contribution in [-0.2, 0) is 9.53 Å². The molecule has 0 unspecified atom stereocenters. The highest BCUT2D eigenvalue weighted by Gasteiger charge is 2.26. The molecule has 0 aliphatic heterocycles. The van der Waals surface area contributed by atoms with Crippen molar-refractivity contribution >= 4 is 18.0 Å². The summed E-state index contributed by atoms with van der Waals surface area (Å²) >= 11 is 0. The van der Waals surface area contributed by atoms with Crippen LogP contribution >= 0.6 is 0 Å². The second-order valence-corrected chi connectivity index (χ2v) is 5.78. The van der Waals surface area contributed by atoms with E-state index < -0.39 is 31.1 Å². The van der Waals surface area contributed by atoms with E-state index in [9.17, 15) is 22.8 Å². The molecule has 0 radical (unpaired) electrons. The first-order chi connectivity index (χ1) is 13.8. The van der Waals surface area contributed by atoms with Crippen LogP contribution in [0.1, 0.15) is 29.3 Å². The molecule has 0 saturated heterocycles. The van der Waals surface area contributed by atoms with Crippen molar-refractivity contribution in [2.45, 2.75) is 19.5 Å². The zero-order chi connectivity index (χ0) is 21.3. The highest BCUT2D eigenvalue weighted by atomic mass is 19.4. The largest absolute Gasteiger partial charge is 0.493 e. The molecule has 2 aromatic rings. The predicted octanol–water partition coefficient (Wildman–Crippen LogP) is 4.81. The average Bonchev–Trinajstić information content (AvgIpc) is 2.67. The fraction of sp³-hybridized carbons (Fsp3) is 0.238. The molecular weight excluding hydrogens is 389 g/mol. The maximum Gasteiger partial charge on any atom is 0.392 e. The first-order valence-corrected chi connectivity index (χ1v) is 8.73. The van der Waals surface area contributed by atoms with Crippen LogP contribution in [0, 0.1) is 0 Å². The van der Waals surface area contributed by atoms with Gasteiger partial charge in [-0.25, -0.2) is 9.59 Å². The number of alkyl halides is 3. The van der Waals surface area contributed by atoms with E-state index in [0.29, 0.717) is 12.4 Å². The summed E-state index contributed by atoms with van der Waals surface area (Å²) in [6.07, 6.45) is -2.47. The first-order valence-electron chi connectivity index (χ1n) is 8.73. The molecule has 8 heteroatoms. The van der Waals surface area contributed by atoms with Crippen molar-refractivity contribution < 1.29 is 37.0 Å². The van der Waals surface area contributed by atoms with E-state index in [1.807, 2.05) is 0 Å². The molecule has 29 heavy (non-hydrogen) atoms. The Balaban J connectivity index is 1.88. The molecule has 0 spiro atoms. The number of rotatable bonds is 8. The van der Waals surface area contributed by atoms with Crippen LogP contribution in [0.15, 0.2) is 54.6 Å². The summed E-state index contributed by atoms with van der Waals surface area (Å²) in [7, 11) is 0. The van der Waals surface area contributed by atoms with Gasteiger partial charge in [-0.2, -0.15) is 13.2 Å². The molecule has 0 bridgehead atoms. The molecule has 0 atom stereocenters. The van der Waals surface area contributed by atoms with Crippen LogP contribution in [0.3, 0.4) is 0 Å². The van der Waals surface area contributed by atoms with Gasteiger partial charge in [-0.05, 0) is 55.0 Å². The van der Waals surface area contributed by atoms with E-state index in [1.165, 1.54) is 30.3 Å². The number of halogens is 3. The third-order valence-corrected chi connectivity index (χ3v) is 3.53. The van der Waals surface area contributed by atoms with Crippen LogP contribution in [0.5, 0.6) is 11.5 Å². The monoisotopic (exact) mass is 408 g/mol. The summed E-state index contributed by atoms with van der Waals surface area (Å²) in [5.41, 5.74) is 0.942. The summed E-state index contributed by atoms with van der Waals surface area (Å²) in [5.74, 6) is -0.548. The van der Waals surface area contributed by atoms with Crippen molar-refractivity contribution in [3.05, 3.63) is 65.7 Å². The van der Waals surface area contributed by atoms with E-state index >= 15 is 0 Å². The summed E-state index contributed by atoms with van der Waals surface area (Å²) in [6, 6.07) is 12.1. The Labute approximate surface area is 165 Å². The highest BCUT2D eigenvalue weighted by Crippen LogP contribution is 2.21. The van der Waals surface area contributed by atoms with Gasteiger partial charge in [0.1, 0.15) is 11.5 Å². The Morgan fingerprint density at radius 3 is 2.17 bits per heavy atom. The van der Waals surface area contributed by atoms with E-state index in [-0.39, 0.29) is 11.3 Å². The number of hydrogen-bond donors (Lipinski definition) is 0. The van der Waals surface area contributed by atoms with Gasteiger partial charge in [0, 0.05) is 6.08 Å². The van der Waals surface area contributed by atoms with Crippen molar-refractivity contribution in [2.24, 2.45) is 0 Å². The van der Waals surface area contributed by atoms with E-state index in [2.05, 4.69) is 0 Å². The Bertz CT molecular complexity index is 840. The van der Waals surface area contributed by atoms with Gasteiger partial charge in [0.25, 0.3) is 0 Å². The summed E-state index contributed by atoms with van der Waals surface area (Å²) in [5, 5.41) is 0. The number of esters is 2. The second-order valence-electron chi connectivity index (χ2n) is 5.78. The first kappa shape index (κ1) is 22.0. The van der Waals surface area contributed by atoms with Crippen LogP contribution < -0.4 is 9.47 Å². The minimum Gasteiger partial charge on any atom is -0.493 e. The molecule has 0 N–H and O–H groups in total. The van der Waals surface area contributed by atoms with E-state index in [1.54, 1.807) is 37.3 Å². The average molecular weight is 408 g/mol. The van der Waals surface area contributed by atoms with Crippen molar-refractivity contribution in [3.63, 3.8) is 0 Å². The molecule has 2 rings (SSSR count). The normalized spacial score (nSPS) is 11.3. The Morgan fingerprint density at radius 1 is 0.966 bits per heavy atom. The minimum absolute atomic E-state index is 0.222. The lowest BCUT2D eigenvalue weighted by Crippen LogP contribution is -2.13. The number of carbonyl (C=O) groups excluding carboxylic acids is 2. The van der Waals surface area contributed by atoms with Gasteiger partial charge in [0.2, 0.25) is 0 Å². The van der Waals surface area contributed by atoms with E-state index in [4.69, 9.17) is 14.2 Å². The van der Waals surface area contributed by atoms with Gasteiger partial charge in [-0.15, -0.1) is 0 Å². The van der Waals surface area contributed by atoms with Crippen molar-refractivity contribution in [2.75, 3.05) is 13.2 Å².